The van der Waals surface area contributed by atoms with Crippen LogP contribution in [0.5, 0.6) is 0 Å². The fraction of sp³-hybridized carbons (Fsp3) is 0.391. The number of hydrogen-bond donors (Lipinski definition) is 1. The van der Waals surface area contributed by atoms with E-state index in [2.05, 4.69) is 22.3 Å². The Labute approximate surface area is 176 Å². The minimum Gasteiger partial charge on any atom is -0.338 e. The molecule has 1 N–H and O–H groups in total. The molecule has 152 valence electrons. The molecule has 2 fully saturated rings. The molecule has 0 spiro atoms. The maximum atomic E-state index is 12.8. The van der Waals surface area contributed by atoms with E-state index in [1.807, 2.05) is 54.2 Å². The van der Waals surface area contributed by atoms with Crippen LogP contribution in [0.25, 0.3) is 0 Å². The Balaban J connectivity index is 1.33. The molecule has 2 saturated heterocycles. The number of nitrogens with zero attached hydrogens (tertiary/aromatic N) is 2. The van der Waals surface area contributed by atoms with E-state index in [1.54, 1.807) is 4.90 Å². The molecule has 0 aromatic heterocycles. The molecule has 2 aromatic rings. The quantitative estimate of drug-likeness (QED) is 0.796. The number of likely N-dealkylation sites (tertiary alicyclic amines) is 1. The molecule has 4 rings (SSSR count). The van der Waals surface area contributed by atoms with Crippen LogP contribution in [-0.2, 0) is 22.7 Å². The molecule has 6 heteroatoms. The fourth-order valence-electron chi connectivity index (χ4n) is 3.91. The molecule has 2 aliphatic rings. The van der Waals surface area contributed by atoms with Gasteiger partial charge in [-0.1, -0.05) is 42.5 Å². The number of hydrogen-bond acceptors (Lipinski definition) is 4. The average Bonchev–Trinajstić information content (AvgIpc) is 3.10. The molecule has 0 bridgehead atoms. The summed E-state index contributed by atoms with van der Waals surface area (Å²) in [5, 5.41) is 3.03. The minimum absolute atomic E-state index is 0.0470. The van der Waals surface area contributed by atoms with E-state index in [0.29, 0.717) is 13.1 Å². The molecule has 1 unspecified atom stereocenters. The monoisotopic (exact) mass is 409 g/mol. The van der Waals surface area contributed by atoms with Gasteiger partial charge in [-0.25, -0.2) is 0 Å². The Bertz CT molecular complexity index is 852. The van der Waals surface area contributed by atoms with Crippen molar-refractivity contribution in [1.82, 2.24) is 9.80 Å². The first-order valence-electron chi connectivity index (χ1n) is 10.2. The summed E-state index contributed by atoms with van der Waals surface area (Å²) in [4.78, 5) is 29.4. The van der Waals surface area contributed by atoms with Crippen molar-refractivity contribution in [3.05, 3.63) is 65.7 Å². The molecule has 0 aliphatic carbocycles. The van der Waals surface area contributed by atoms with Crippen LogP contribution >= 0.6 is 11.8 Å². The van der Waals surface area contributed by atoms with Crippen LogP contribution in [0, 0.1) is 5.92 Å². The highest BCUT2D eigenvalue weighted by molar-refractivity contribution is 7.99. The van der Waals surface area contributed by atoms with Crippen LogP contribution in [0.1, 0.15) is 17.5 Å². The molecule has 2 heterocycles. The summed E-state index contributed by atoms with van der Waals surface area (Å²) in [5.41, 5.74) is 3.11. The number of rotatable bonds is 6. The maximum Gasteiger partial charge on any atom is 0.229 e. The first kappa shape index (κ1) is 20.0. The second-order valence-corrected chi connectivity index (χ2v) is 8.96. The summed E-state index contributed by atoms with van der Waals surface area (Å²) in [6.45, 7) is 4.18. The molecule has 0 radical (unpaired) electrons. The van der Waals surface area contributed by atoms with Crippen LogP contribution in [0.15, 0.2) is 54.6 Å². The number of nitrogens with one attached hydrogen (secondary N) is 1. The van der Waals surface area contributed by atoms with Gasteiger partial charge in [0.25, 0.3) is 0 Å². The molecule has 2 aromatic carbocycles. The van der Waals surface area contributed by atoms with E-state index in [0.717, 1.165) is 30.9 Å². The second kappa shape index (κ2) is 9.46. The normalized spacial score (nSPS) is 20.1. The van der Waals surface area contributed by atoms with E-state index in [9.17, 15) is 9.59 Å². The van der Waals surface area contributed by atoms with Crippen molar-refractivity contribution in [3.63, 3.8) is 0 Å². The Morgan fingerprint density at radius 1 is 1.00 bits per heavy atom. The fourth-order valence-corrected chi connectivity index (χ4v) is 4.89. The summed E-state index contributed by atoms with van der Waals surface area (Å²) in [7, 11) is 0. The van der Waals surface area contributed by atoms with E-state index in [1.165, 1.54) is 17.1 Å². The Morgan fingerprint density at radius 3 is 2.55 bits per heavy atom. The highest BCUT2D eigenvalue weighted by atomic mass is 32.2. The summed E-state index contributed by atoms with van der Waals surface area (Å²) < 4.78 is 0. The van der Waals surface area contributed by atoms with Gasteiger partial charge in [-0.15, -0.1) is 0 Å². The highest BCUT2D eigenvalue weighted by Gasteiger charge is 2.34. The lowest BCUT2D eigenvalue weighted by molar-refractivity contribution is -0.128. The van der Waals surface area contributed by atoms with Crippen molar-refractivity contribution in [1.29, 1.82) is 0 Å². The van der Waals surface area contributed by atoms with Crippen molar-refractivity contribution < 1.29 is 9.59 Å². The van der Waals surface area contributed by atoms with Gasteiger partial charge in [-0.2, -0.15) is 11.8 Å². The van der Waals surface area contributed by atoms with Crippen LogP contribution < -0.4 is 5.32 Å². The van der Waals surface area contributed by atoms with E-state index < -0.39 is 0 Å². The summed E-state index contributed by atoms with van der Waals surface area (Å²) >= 11 is 2.01. The number of benzene rings is 2. The molecule has 29 heavy (non-hydrogen) atoms. The number of carbonyl (C=O) groups excluding carboxylic acids is 2. The van der Waals surface area contributed by atoms with Gasteiger partial charge in [0.1, 0.15) is 0 Å². The molecule has 5 nitrogen and oxygen atoms in total. The standard InChI is InChI=1S/C23H27N3O2S/c27-22-14-20(17-26(22)16-18-5-2-1-3-6-18)23(28)24-21-8-4-7-19(13-21)15-25-9-11-29-12-10-25/h1-8,13,20H,9-12,14-17H2,(H,24,28). The van der Waals surface area contributed by atoms with Crippen molar-refractivity contribution in [2.75, 3.05) is 36.5 Å². The zero-order chi connectivity index (χ0) is 20.1. The highest BCUT2D eigenvalue weighted by Crippen LogP contribution is 2.23. The van der Waals surface area contributed by atoms with Gasteiger partial charge in [-0.3, -0.25) is 14.5 Å². The number of anilines is 1. The Kier molecular flexibility index (Phi) is 6.52. The predicted molar refractivity (Wildman–Crippen MR) is 118 cm³/mol. The van der Waals surface area contributed by atoms with Gasteiger partial charge >= 0.3 is 0 Å². The van der Waals surface area contributed by atoms with Crippen molar-refractivity contribution in [2.45, 2.75) is 19.5 Å². The van der Waals surface area contributed by atoms with Gasteiger partial charge in [0, 0.05) is 56.3 Å². The van der Waals surface area contributed by atoms with Crippen LogP contribution in [0.2, 0.25) is 0 Å². The first-order valence-corrected chi connectivity index (χ1v) is 11.3. The van der Waals surface area contributed by atoms with Crippen LogP contribution in [-0.4, -0.2) is 52.8 Å². The van der Waals surface area contributed by atoms with E-state index in [4.69, 9.17) is 0 Å². The van der Waals surface area contributed by atoms with Gasteiger partial charge in [-0.05, 0) is 23.3 Å². The zero-order valence-corrected chi connectivity index (χ0v) is 17.4. The Morgan fingerprint density at radius 2 is 1.76 bits per heavy atom. The zero-order valence-electron chi connectivity index (χ0n) is 16.5. The second-order valence-electron chi connectivity index (χ2n) is 7.74. The number of carbonyl (C=O) groups is 2. The van der Waals surface area contributed by atoms with Crippen molar-refractivity contribution in [3.8, 4) is 0 Å². The average molecular weight is 410 g/mol. The molecule has 0 saturated carbocycles. The third-order valence-electron chi connectivity index (χ3n) is 5.51. The third-order valence-corrected chi connectivity index (χ3v) is 6.45. The summed E-state index contributed by atoms with van der Waals surface area (Å²) in [6.07, 6.45) is 0.282. The SMILES string of the molecule is O=C(Nc1cccc(CN2CCSCC2)c1)C1CC(=O)N(Cc2ccccc2)C1. The van der Waals surface area contributed by atoms with E-state index >= 15 is 0 Å². The van der Waals surface area contributed by atoms with E-state index in [-0.39, 0.29) is 24.2 Å². The topological polar surface area (TPSA) is 52.7 Å². The van der Waals surface area contributed by atoms with Crippen molar-refractivity contribution in [2.24, 2.45) is 5.92 Å². The largest absolute Gasteiger partial charge is 0.338 e. The van der Waals surface area contributed by atoms with Crippen molar-refractivity contribution >= 4 is 29.3 Å². The number of amides is 2. The van der Waals surface area contributed by atoms with Gasteiger partial charge < -0.3 is 10.2 Å². The smallest absolute Gasteiger partial charge is 0.229 e. The minimum atomic E-state index is -0.297. The first-order chi connectivity index (χ1) is 14.2. The lowest BCUT2D eigenvalue weighted by Crippen LogP contribution is -2.32. The lowest BCUT2D eigenvalue weighted by Gasteiger charge is -2.26. The predicted octanol–water partition coefficient (Wildman–Crippen LogP) is 3.22. The number of thioether (sulfide) groups is 1. The third kappa shape index (κ3) is 5.40. The van der Waals surface area contributed by atoms with Gasteiger partial charge in [0.2, 0.25) is 11.8 Å². The molecule has 2 amide bonds. The lowest BCUT2D eigenvalue weighted by atomic mass is 10.1. The summed E-state index contributed by atoms with van der Waals surface area (Å²) in [6, 6.07) is 18.0. The Hall–Kier alpha value is -2.31. The molecule has 2 aliphatic heterocycles. The molecular weight excluding hydrogens is 382 g/mol. The summed E-state index contributed by atoms with van der Waals surface area (Å²) in [5.74, 6) is 2.05. The van der Waals surface area contributed by atoms with Crippen LogP contribution in [0.4, 0.5) is 5.69 Å². The molecular formula is C23H27N3O2S. The maximum absolute atomic E-state index is 12.8. The molecule has 1 atom stereocenters. The van der Waals surface area contributed by atoms with Gasteiger partial charge in [0.15, 0.2) is 0 Å². The van der Waals surface area contributed by atoms with Crippen LogP contribution in [0.3, 0.4) is 0 Å². The van der Waals surface area contributed by atoms with Gasteiger partial charge in [0.05, 0.1) is 5.92 Å².